The predicted octanol–water partition coefficient (Wildman–Crippen LogP) is 20.7. The lowest BCUT2D eigenvalue weighted by Crippen LogP contribution is -1.95. The minimum atomic E-state index is 0.641. The van der Waals surface area contributed by atoms with Crippen LogP contribution in [0.25, 0.3) is 163 Å². The van der Waals surface area contributed by atoms with Crippen molar-refractivity contribution in [2.45, 2.75) is 0 Å². The van der Waals surface area contributed by atoms with E-state index in [0.29, 0.717) is 5.69 Å². The Balaban J connectivity index is 0.991. The van der Waals surface area contributed by atoms with Gasteiger partial charge in [0.1, 0.15) is 0 Å². The van der Waals surface area contributed by atoms with Gasteiger partial charge in [0.05, 0.1) is 17.6 Å². The molecular weight excluding hydrogens is 905 g/mol. The first-order chi connectivity index (χ1) is 37.2. The molecular formula is C73H42N2. The highest BCUT2D eigenvalue weighted by Crippen LogP contribution is 2.52. The van der Waals surface area contributed by atoms with E-state index in [1.807, 2.05) is 12.1 Å². The second-order valence-corrected chi connectivity index (χ2v) is 20.0. The van der Waals surface area contributed by atoms with Crippen LogP contribution in [0.1, 0.15) is 0 Å². The first-order valence-electron chi connectivity index (χ1n) is 25.8. The van der Waals surface area contributed by atoms with Crippen molar-refractivity contribution in [1.29, 1.82) is 0 Å². The van der Waals surface area contributed by atoms with Crippen LogP contribution >= 0.6 is 0 Å². The largest absolute Gasteiger partial charge is 0.309 e. The van der Waals surface area contributed by atoms with Crippen LogP contribution in [-0.2, 0) is 0 Å². The molecule has 0 N–H and O–H groups in total. The monoisotopic (exact) mass is 946 g/mol. The Morgan fingerprint density at radius 2 is 0.613 bits per heavy atom. The molecule has 0 bridgehead atoms. The van der Waals surface area contributed by atoms with Crippen LogP contribution < -0.4 is 0 Å². The Labute approximate surface area is 432 Å². The summed E-state index contributed by atoms with van der Waals surface area (Å²) in [5.74, 6) is 0. The van der Waals surface area contributed by atoms with E-state index in [1.165, 1.54) is 147 Å². The fourth-order valence-electron chi connectivity index (χ4n) is 13.2. The van der Waals surface area contributed by atoms with Gasteiger partial charge in [-0.3, -0.25) is 0 Å². The average Bonchev–Trinajstić information content (AvgIpc) is 3.83. The fraction of sp³-hybridized carbons (Fsp3) is 0. The third-order valence-corrected chi connectivity index (χ3v) is 16.3. The molecule has 1 aromatic heterocycles. The molecule has 75 heavy (non-hydrogen) atoms. The summed E-state index contributed by atoms with van der Waals surface area (Å²) in [6.45, 7) is 7.64. The number of nitrogens with zero attached hydrogens (tertiary/aromatic N) is 2. The first-order valence-corrected chi connectivity index (χ1v) is 25.8. The van der Waals surface area contributed by atoms with E-state index in [0.717, 1.165) is 11.3 Å². The van der Waals surface area contributed by atoms with Gasteiger partial charge >= 0.3 is 0 Å². The van der Waals surface area contributed by atoms with Gasteiger partial charge in [0.25, 0.3) is 0 Å². The summed E-state index contributed by atoms with van der Waals surface area (Å²) >= 11 is 0. The maximum Gasteiger partial charge on any atom is 0.187 e. The SMILES string of the molecule is [C-]#[N+]c1ccc(-c2c3ccccc3c(-c3c4ccccc4c(-c4ccc5c(c4)c4ccccc4c4cc6c7c8ccccc8c8ccccc8c7n(-c7ccccc7)c6cc54)c4ccccc34)c3ccccc23)cc1. The molecule has 0 radical (unpaired) electrons. The van der Waals surface area contributed by atoms with Crippen LogP contribution in [0, 0.1) is 6.57 Å². The van der Waals surface area contributed by atoms with E-state index in [4.69, 9.17) is 6.57 Å². The van der Waals surface area contributed by atoms with Gasteiger partial charge in [0.2, 0.25) is 0 Å². The molecule has 16 rings (SSSR count). The van der Waals surface area contributed by atoms with Crippen LogP contribution in [0.15, 0.2) is 255 Å². The predicted molar refractivity (Wildman–Crippen MR) is 321 cm³/mol. The normalized spacial score (nSPS) is 12.0. The van der Waals surface area contributed by atoms with Gasteiger partial charge in [0.15, 0.2) is 5.69 Å². The minimum absolute atomic E-state index is 0.641. The smallest absolute Gasteiger partial charge is 0.187 e. The van der Waals surface area contributed by atoms with Crippen molar-refractivity contribution in [1.82, 2.24) is 4.57 Å². The first kappa shape index (κ1) is 41.5. The van der Waals surface area contributed by atoms with Gasteiger partial charge in [0, 0.05) is 21.8 Å². The van der Waals surface area contributed by atoms with Crippen molar-refractivity contribution in [2.75, 3.05) is 0 Å². The van der Waals surface area contributed by atoms with Crippen molar-refractivity contribution in [3.8, 4) is 39.1 Å². The molecule has 0 aliphatic heterocycles. The average molecular weight is 947 g/mol. The van der Waals surface area contributed by atoms with Crippen molar-refractivity contribution >= 4 is 124 Å². The highest BCUT2D eigenvalue weighted by atomic mass is 15.0. The molecule has 0 atom stereocenters. The molecule has 0 amide bonds. The van der Waals surface area contributed by atoms with E-state index in [2.05, 4.69) is 252 Å². The lowest BCUT2D eigenvalue weighted by atomic mass is 9.81. The summed E-state index contributed by atoms with van der Waals surface area (Å²) in [5, 5.41) is 24.7. The second-order valence-electron chi connectivity index (χ2n) is 20.0. The van der Waals surface area contributed by atoms with E-state index in [9.17, 15) is 0 Å². The maximum atomic E-state index is 7.64. The van der Waals surface area contributed by atoms with Crippen LogP contribution in [0.4, 0.5) is 5.69 Å². The minimum Gasteiger partial charge on any atom is -0.309 e. The van der Waals surface area contributed by atoms with E-state index in [1.54, 1.807) is 0 Å². The van der Waals surface area contributed by atoms with Gasteiger partial charge in [-0.05, 0) is 155 Å². The number of para-hydroxylation sites is 1. The third kappa shape index (κ3) is 5.90. The molecule has 2 nitrogen and oxygen atoms in total. The number of rotatable bonds is 4. The summed E-state index contributed by atoms with van der Waals surface area (Å²) in [5.41, 5.74) is 11.4. The van der Waals surface area contributed by atoms with Gasteiger partial charge in [-0.1, -0.05) is 224 Å². The highest BCUT2D eigenvalue weighted by molar-refractivity contribution is 6.36. The van der Waals surface area contributed by atoms with E-state index in [-0.39, 0.29) is 0 Å². The number of fused-ring (bicyclic) bond motifs is 18. The zero-order chi connectivity index (χ0) is 49.3. The molecule has 0 fully saturated rings. The Hall–Kier alpha value is -10.1. The van der Waals surface area contributed by atoms with E-state index >= 15 is 0 Å². The molecule has 0 unspecified atom stereocenters. The molecule has 0 aliphatic rings. The van der Waals surface area contributed by atoms with Crippen LogP contribution in [0.3, 0.4) is 0 Å². The summed E-state index contributed by atoms with van der Waals surface area (Å²) < 4.78 is 2.52. The van der Waals surface area contributed by atoms with Gasteiger partial charge in [-0.15, -0.1) is 0 Å². The zero-order valence-corrected chi connectivity index (χ0v) is 40.6. The molecule has 2 heteroatoms. The number of aromatic nitrogens is 1. The quantitative estimate of drug-likeness (QED) is 0.0945. The molecule has 0 aliphatic carbocycles. The summed E-state index contributed by atoms with van der Waals surface area (Å²) in [4.78, 5) is 3.70. The zero-order valence-electron chi connectivity index (χ0n) is 40.6. The second kappa shape index (κ2) is 16.0. The topological polar surface area (TPSA) is 9.29 Å². The Kier molecular flexibility index (Phi) is 8.84. The molecule has 16 aromatic rings. The standard InChI is InChI=1S/C73H42N2/c1-74-46-38-35-44(36-39-46)68-54-26-10-14-30-58(54)70(59-31-15-11-27-55(59)68)71-60-32-16-12-28-56(60)69(57-29-13-17-33-61(57)71)45-37-40-52-63(41-45)50-23-5-6-24-51(50)64-42-66-67(43-65(52)64)75(47-19-3-2-4-20-47)73-62-34-18-8-22-49(62)48-21-7-9-25-53(48)72(66)73/h2-43H. The molecule has 0 spiro atoms. The molecule has 15 aromatic carbocycles. The lowest BCUT2D eigenvalue weighted by molar-refractivity contribution is 1.19. The summed E-state index contributed by atoms with van der Waals surface area (Å²) in [6.07, 6.45) is 0. The molecule has 0 saturated heterocycles. The number of hydrogen-bond acceptors (Lipinski definition) is 0. The van der Waals surface area contributed by atoms with Crippen molar-refractivity contribution in [2.24, 2.45) is 0 Å². The summed E-state index contributed by atoms with van der Waals surface area (Å²) in [7, 11) is 0. The van der Waals surface area contributed by atoms with Gasteiger partial charge in [-0.25, -0.2) is 4.85 Å². The summed E-state index contributed by atoms with van der Waals surface area (Å²) in [6, 6.07) is 94.0. The number of hydrogen-bond donors (Lipinski definition) is 0. The van der Waals surface area contributed by atoms with Crippen molar-refractivity contribution in [3.05, 3.63) is 266 Å². The lowest BCUT2D eigenvalue weighted by Gasteiger charge is -2.22. The molecule has 0 saturated carbocycles. The fourth-order valence-corrected chi connectivity index (χ4v) is 13.2. The van der Waals surface area contributed by atoms with Gasteiger partial charge < -0.3 is 4.57 Å². The Bertz CT molecular complexity index is 5060. The highest BCUT2D eigenvalue weighted by Gasteiger charge is 2.25. The number of benzene rings is 15. The molecule has 1 heterocycles. The van der Waals surface area contributed by atoms with Crippen molar-refractivity contribution in [3.63, 3.8) is 0 Å². The van der Waals surface area contributed by atoms with Gasteiger partial charge in [-0.2, -0.15) is 0 Å². The van der Waals surface area contributed by atoms with Crippen molar-refractivity contribution < 1.29 is 0 Å². The Morgan fingerprint density at radius 3 is 1.12 bits per heavy atom. The Morgan fingerprint density at radius 1 is 0.253 bits per heavy atom. The molecule has 344 valence electrons. The van der Waals surface area contributed by atoms with Crippen LogP contribution in [0.5, 0.6) is 0 Å². The van der Waals surface area contributed by atoms with Crippen LogP contribution in [-0.4, -0.2) is 4.57 Å². The third-order valence-electron chi connectivity index (χ3n) is 16.3. The maximum absolute atomic E-state index is 7.64. The van der Waals surface area contributed by atoms with E-state index < -0.39 is 0 Å². The van der Waals surface area contributed by atoms with Crippen LogP contribution in [0.2, 0.25) is 0 Å².